The van der Waals surface area contributed by atoms with Crippen LogP contribution >= 0.6 is 15.9 Å². The van der Waals surface area contributed by atoms with E-state index < -0.39 is 6.10 Å². The summed E-state index contributed by atoms with van der Waals surface area (Å²) in [5, 5.41) is 2.90. The second kappa shape index (κ2) is 7.09. The SMILES string of the molecule is CC(Oc1ccc(Br)cc1CCN)C(=O)NC(C)(C)C. The highest BCUT2D eigenvalue weighted by molar-refractivity contribution is 9.10. The first-order valence-corrected chi connectivity index (χ1v) is 7.49. The van der Waals surface area contributed by atoms with Crippen molar-refractivity contribution in [3.05, 3.63) is 28.2 Å². The molecule has 1 atom stereocenters. The fraction of sp³-hybridized carbons (Fsp3) is 0.533. The third-order valence-electron chi connectivity index (χ3n) is 2.61. The summed E-state index contributed by atoms with van der Waals surface area (Å²) in [6.07, 6.45) is 0.162. The summed E-state index contributed by atoms with van der Waals surface area (Å²) in [5.41, 5.74) is 6.33. The van der Waals surface area contributed by atoms with E-state index in [1.165, 1.54) is 0 Å². The molecular weight excluding hydrogens is 320 g/mol. The Morgan fingerprint density at radius 2 is 2.10 bits per heavy atom. The number of carbonyl (C=O) groups excluding carboxylic acids is 1. The zero-order valence-electron chi connectivity index (χ0n) is 12.5. The molecule has 0 bridgehead atoms. The van der Waals surface area contributed by atoms with Gasteiger partial charge < -0.3 is 15.8 Å². The van der Waals surface area contributed by atoms with E-state index in [-0.39, 0.29) is 11.4 Å². The van der Waals surface area contributed by atoms with Crippen LogP contribution in [0.2, 0.25) is 0 Å². The molecule has 4 nitrogen and oxygen atoms in total. The van der Waals surface area contributed by atoms with Crippen molar-refractivity contribution >= 4 is 21.8 Å². The van der Waals surface area contributed by atoms with Gasteiger partial charge in [0.15, 0.2) is 6.10 Å². The maximum Gasteiger partial charge on any atom is 0.261 e. The van der Waals surface area contributed by atoms with Crippen LogP contribution in [-0.2, 0) is 11.2 Å². The molecule has 0 saturated heterocycles. The molecule has 1 aromatic rings. The predicted octanol–water partition coefficient (Wildman–Crippen LogP) is 2.63. The highest BCUT2D eigenvalue weighted by atomic mass is 79.9. The average molecular weight is 343 g/mol. The fourth-order valence-electron chi connectivity index (χ4n) is 1.73. The lowest BCUT2D eigenvalue weighted by Gasteiger charge is -2.24. The number of ether oxygens (including phenoxy) is 1. The smallest absolute Gasteiger partial charge is 0.261 e. The first-order chi connectivity index (χ1) is 9.23. The first kappa shape index (κ1) is 17.0. The van der Waals surface area contributed by atoms with Crippen LogP contribution in [0, 0.1) is 0 Å². The van der Waals surface area contributed by atoms with Crippen molar-refractivity contribution in [1.82, 2.24) is 5.32 Å². The monoisotopic (exact) mass is 342 g/mol. The molecule has 0 saturated carbocycles. The van der Waals surface area contributed by atoms with Gasteiger partial charge in [-0.3, -0.25) is 4.79 Å². The summed E-state index contributed by atoms with van der Waals surface area (Å²) in [6.45, 7) is 8.11. The molecule has 1 rings (SSSR count). The molecule has 5 heteroatoms. The Hall–Kier alpha value is -1.07. The lowest BCUT2D eigenvalue weighted by molar-refractivity contribution is -0.128. The molecule has 1 aromatic carbocycles. The number of nitrogens with one attached hydrogen (secondary N) is 1. The Morgan fingerprint density at radius 1 is 1.45 bits per heavy atom. The molecule has 112 valence electrons. The van der Waals surface area contributed by atoms with E-state index in [4.69, 9.17) is 10.5 Å². The summed E-state index contributed by atoms with van der Waals surface area (Å²) < 4.78 is 6.74. The van der Waals surface area contributed by atoms with Crippen molar-refractivity contribution in [3.8, 4) is 5.75 Å². The van der Waals surface area contributed by atoms with Crippen molar-refractivity contribution in [3.63, 3.8) is 0 Å². The van der Waals surface area contributed by atoms with E-state index in [1.54, 1.807) is 6.92 Å². The van der Waals surface area contributed by atoms with Gasteiger partial charge in [0.25, 0.3) is 5.91 Å². The van der Waals surface area contributed by atoms with Crippen LogP contribution in [0.4, 0.5) is 0 Å². The van der Waals surface area contributed by atoms with E-state index in [0.29, 0.717) is 18.7 Å². The first-order valence-electron chi connectivity index (χ1n) is 6.70. The van der Waals surface area contributed by atoms with Gasteiger partial charge in [-0.2, -0.15) is 0 Å². The Morgan fingerprint density at radius 3 is 2.65 bits per heavy atom. The molecule has 0 aliphatic rings. The molecule has 0 heterocycles. The highest BCUT2D eigenvalue weighted by Crippen LogP contribution is 2.24. The number of benzene rings is 1. The molecule has 20 heavy (non-hydrogen) atoms. The number of nitrogens with two attached hydrogens (primary N) is 1. The summed E-state index contributed by atoms with van der Waals surface area (Å²) in [7, 11) is 0. The third kappa shape index (κ3) is 5.51. The minimum absolute atomic E-state index is 0.126. The Bertz CT molecular complexity index is 469. The van der Waals surface area contributed by atoms with Gasteiger partial charge in [0.1, 0.15) is 5.75 Å². The van der Waals surface area contributed by atoms with Gasteiger partial charge >= 0.3 is 0 Å². The standard InChI is InChI=1S/C15H23BrN2O2/c1-10(14(19)18-15(2,3)4)20-13-6-5-12(16)9-11(13)7-8-17/h5-6,9-10H,7-8,17H2,1-4H3,(H,18,19). The minimum atomic E-state index is -0.549. The normalized spacial score (nSPS) is 12.9. The molecule has 3 N–H and O–H groups in total. The summed E-state index contributed by atoms with van der Waals surface area (Å²) in [6, 6.07) is 5.72. The number of hydrogen-bond acceptors (Lipinski definition) is 3. The average Bonchev–Trinajstić information content (AvgIpc) is 2.30. The van der Waals surface area contributed by atoms with Crippen LogP contribution in [0.15, 0.2) is 22.7 Å². The number of halogens is 1. The van der Waals surface area contributed by atoms with Gasteiger partial charge in [0.05, 0.1) is 0 Å². The van der Waals surface area contributed by atoms with Crippen LogP contribution in [0.5, 0.6) is 5.75 Å². The molecule has 0 aromatic heterocycles. The van der Waals surface area contributed by atoms with Crippen LogP contribution in [0.25, 0.3) is 0 Å². The molecular formula is C15H23BrN2O2. The summed E-state index contributed by atoms with van der Waals surface area (Å²) in [4.78, 5) is 12.0. The van der Waals surface area contributed by atoms with Gasteiger partial charge in [0, 0.05) is 10.0 Å². The highest BCUT2D eigenvalue weighted by Gasteiger charge is 2.21. The molecule has 0 aliphatic carbocycles. The molecule has 1 amide bonds. The summed E-state index contributed by atoms with van der Waals surface area (Å²) >= 11 is 3.43. The molecule has 0 aliphatic heterocycles. The molecule has 0 spiro atoms. The number of hydrogen-bond donors (Lipinski definition) is 2. The van der Waals surface area contributed by atoms with Crippen LogP contribution in [-0.4, -0.2) is 24.1 Å². The van der Waals surface area contributed by atoms with Gasteiger partial charge in [0.2, 0.25) is 0 Å². The topological polar surface area (TPSA) is 64.3 Å². The predicted molar refractivity (Wildman–Crippen MR) is 84.9 cm³/mol. The maximum atomic E-state index is 12.0. The largest absolute Gasteiger partial charge is 0.481 e. The van der Waals surface area contributed by atoms with E-state index in [2.05, 4.69) is 21.2 Å². The van der Waals surface area contributed by atoms with Crippen LogP contribution < -0.4 is 15.8 Å². The Balaban J connectivity index is 2.79. The van der Waals surface area contributed by atoms with Gasteiger partial charge in [-0.1, -0.05) is 15.9 Å². The van der Waals surface area contributed by atoms with Crippen molar-refractivity contribution in [2.45, 2.75) is 45.8 Å². The van der Waals surface area contributed by atoms with Crippen molar-refractivity contribution in [2.75, 3.05) is 6.54 Å². The lowest BCUT2D eigenvalue weighted by Crippen LogP contribution is -2.46. The second-order valence-electron chi connectivity index (χ2n) is 5.79. The maximum absolute atomic E-state index is 12.0. The molecule has 1 unspecified atom stereocenters. The third-order valence-corrected chi connectivity index (χ3v) is 3.10. The van der Waals surface area contributed by atoms with Crippen LogP contribution in [0.3, 0.4) is 0 Å². The zero-order chi connectivity index (χ0) is 15.3. The number of amides is 1. The fourth-order valence-corrected chi connectivity index (χ4v) is 2.14. The minimum Gasteiger partial charge on any atom is -0.481 e. The lowest BCUT2D eigenvalue weighted by atomic mass is 10.1. The van der Waals surface area contributed by atoms with Gasteiger partial charge in [-0.25, -0.2) is 0 Å². The summed E-state index contributed by atoms with van der Waals surface area (Å²) in [5.74, 6) is 0.578. The Kier molecular flexibility index (Phi) is 6.02. The molecule has 0 fully saturated rings. The van der Waals surface area contributed by atoms with Gasteiger partial charge in [-0.05, 0) is 64.4 Å². The quantitative estimate of drug-likeness (QED) is 0.864. The Labute approximate surface area is 129 Å². The van der Waals surface area contributed by atoms with E-state index in [9.17, 15) is 4.79 Å². The van der Waals surface area contributed by atoms with E-state index in [0.717, 1.165) is 10.0 Å². The second-order valence-corrected chi connectivity index (χ2v) is 6.71. The number of rotatable bonds is 5. The van der Waals surface area contributed by atoms with Crippen molar-refractivity contribution < 1.29 is 9.53 Å². The molecule has 0 radical (unpaired) electrons. The zero-order valence-corrected chi connectivity index (χ0v) is 14.1. The van der Waals surface area contributed by atoms with Crippen LogP contribution in [0.1, 0.15) is 33.3 Å². The van der Waals surface area contributed by atoms with Crippen molar-refractivity contribution in [2.24, 2.45) is 5.73 Å². The van der Waals surface area contributed by atoms with Crippen molar-refractivity contribution in [1.29, 1.82) is 0 Å². The number of carbonyl (C=O) groups is 1. The van der Waals surface area contributed by atoms with Gasteiger partial charge in [-0.15, -0.1) is 0 Å². The van der Waals surface area contributed by atoms with E-state index in [1.807, 2.05) is 39.0 Å². The van der Waals surface area contributed by atoms with E-state index >= 15 is 0 Å².